The lowest BCUT2D eigenvalue weighted by atomic mass is 9.83. The molecule has 5 rings (SSSR count). The van der Waals surface area contributed by atoms with E-state index in [1.807, 2.05) is 18.2 Å². The Kier molecular flexibility index (Phi) is 4.09. The van der Waals surface area contributed by atoms with Crippen molar-refractivity contribution < 1.29 is 9.50 Å². The third kappa shape index (κ3) is 2.85. The van der Waals surface area contributed by atoms with Gasteiger partial charge in [0.2, 0.25) is 0 Å². The van der Waals surface area contributed by atoms with Crippen LogP contribution >= 0.6 is 0 Å². The second kappa shape index (κ2) is 6.63. The number of nitrogens with one attached hydrogen (secondary N) is 1. The first-order chi connectivity index (χ1) is 13.6. The first-order valence-electron chi connectivity index (χ1n) is 9.60. The maximum atomic E-state index is 14.8. The molecule has 6 heteroatoms. The van der Waals surface area contributed by atoms with Gasteiger partial charge in [0.15, 0.2) is 0 Å². The molecule has 2 aliphatic heterocycles. The highest BCUT2D eigenvalue weighted by molar-refractivity contribution is 5.89. The van der Waals surface area contributed by atoms with Crippen LogP contribution in [0.4, 0.5) is 4.39 Å². The summed E-state index contributed by atoms with van der Waals surface area (Å²) in [6.45, 7) is 4.13. The molecule has 2 aliphatic rings. The van der Waals surface area contributed by atoms with E-state index in [0.717, 1.165) is 30.0 Å². The molecule has 2 fully saturated rings. The van der Waals surface area contributed by atoms with Crippen LogP contribution in [0, 0.1) is 5.92 Å². The van der Waals surface area contributed by atoms with Gasteiger partial charge in [-0.15, -0.1) is 5.10 Å². The molecule has 0 radical (unpaired) electrons. The molecule has 0 spiro atoms. The highest BCUT2D eigenvalue weighted by Gasteiger charge is 2.43. The van der Waals surface area contributed by atoms with E-state index in [-0.39, 0.29) is 17.7 Å². The molecule has 0 amide bonds. The van der Waals surface area contributed by atoms with Gasteiger partial charge in [0, 0.05) is 41.3 Å². The Balaban J connectivity index is 1.43. The number of pyridine rings is 1. The molecule has 0 aliphatic carbocycles. The molecule has 2 N–H and O–H groups in total. The molecule has 142 valence electrons. The molecule has 0 unspecified atom stereocenters. The summed E-state index contributed by atoms with van der Waals surface area (Å²) in [6.07, 6.45) is 5.14. The monoisotopic (exact) mass is 376 g/mol. The van der Waals surface area contributed by atoms with E-state index in [2.05, 4.69) is 27.1 Å². The SMILES string of the molecule is C=C(c1ccc(-c2cc3ccncc3cc2O)nn1)[C@H]1C[C@@H]2CC[C@@H](N2)[C@H]1F. The van der Waals surface area contributed by atoms with E-state index in [0.29, 0.717) is 28.6 Å². The number of benzene rings is 1. The Morgan fingerprint density at radius 2 is 2.04 bits per heavy atom. The second-order valence-electron chi connectivity index (χ2n) is 7.76. The highest BCUT2D eigenvalue weighted by Crippen LogP contribution is 2.40. The molecule has 5 nitrogen and oxygen atoms in total. The number of halogens is 1. The van der Waals surface area contributed by atoms with E-state index in [9.17, 15) is 9.50 Å². The number of hydrogen-bond donors (Lipinski definition) is 2. The summed E-state index contributed by atoms with van der Waals surface area (Å²) < 4.78 is 14.8. The average Bonchev–Trinajstić information content (AvgIpc) is 3.13. The number of fused-ring (bicyclic) bond motifs is 3. The molecule has 2 aromatic heterocycles. The lowest BCUT2D eigenvalue weighted by Crippen LogP contribution is -2.47. The Labute approximate surface area is 162 Å². The molecular weight excluding hydrogens is 355 g/mol. The fourth-order valence-corrected chi connectivity index (χ4v) is 4.50. The van der Waals surface area contributed by atoms with Gasteiger partial charge in [-0.1, -0.05) is 6.58 Å². The number of rotatable bonds is 3. The van der Waals surface area contributed by atoms with Crippen LogP contribution in [-0.2, 0) is 0 Å². The standard InChI is InChI=1S/C22H21FN4O/c1-12(16-10-15-2-3-20(25-15)22(16)23)18-4-5-19(27-26-18)17-8-13-6-7-24-11-14(13)9-21(17)28/h4-9,11,15-16,20,22,25,28H,1-3,10H2/t15-,16+,20+,22-/m0/s1. The number of alkyl halides is 1. The first-order valence-corrected chi connectivity index (χ1v) is 9.60. The van der Waals surface area contributed by atoms with Crippen molar-refractivity contribution in [1.82, 2.24) is 20.5 Å². The van der Waals surface area contributed by atoms with Crippen molar-refractivity contribution in [1.29, 1.82) is 0 Å². The zero-order valence-corrected chi connectivity index (χ0v) is 15.3. The molecule has 28 heavy (non-hydrogen) atoms. The van der Waals surface area contributed by atoms with Crippen molar-refractivity contribution in [2.45, 2.75) is 37.5 Å². The van der Waals surface area contributed by atoms with E-state index >= 15 is 0 Å². The minimum Gasteiger partial charge on any atom is -0.507 e. The third-order valence-corrected chi connectivity index (χ3v) is 6.06. The Morgan fingerprint density at radius 3 is 2.86 bits per heavy atom. The van der Waals surface area contributed by atoms with Gasteiger partial charge < -0.3 is 10.4 Å². The van der Waals surface area contributed by atoms with E-state index < -0.39 is 6.17 Å². The van der Waals surface area contributed by atoms with Gasteiger partial charge >= 0.3 is 0 Å². The summed E-state index contributed by atoms with van der Waals surface area (Å²) in [5, 5.41) is 24.1. The second-order valence-corrected chi connectivity index (χ2v) is 7.76. The summed E-state index contributed by atoms with van der Waals surface area (Å²) in [5.74, 6) is -0.0967. The Bertz CT molecular complexity index is 1050. The summed E-state index contributed by atoms with van der Waals surface area (Å²) in [5.41, 5.74) is 2.49. The molecule has 2 saturated heterocycles. The summed E-state index contributed by atoms with van der Waals surface area (Å²) in [7, 11) is 0. The Morgan fingerprint density at radius 1 is 1.14 bits per heavy atom. The normalized spacial score (nSPS) is 26.5. The van der Waals surface area contributed by atoms with Crippen LogP contribution in [0.15, 0.2) is 49.3 Å². The third-order valence-electron chi connectivity index (χ3n) is 6.06. The minimum absolute atomic E-state index is 0.0724. The molecule has 4 atom stereocenters. The van der Waals surface area contributed by atoms with Gasteiger partial charge in [-0.25, -0.2) is 4.39 Å². The van der Waals surface area contributed by atoms with Gasteiger partial charge in [0.1, 0.15) is 11.9 Å². The molecule has 1 aromatic carbocycles. The van der Waals surface area contributed by atoms with Gasteiger partial charge in [0.05, 0.1) is 11.4 Å². The van der Waals surface area contributed by atoms with Crippen LogP contribution in [0.5, 0.6) is 5.75 Å². The fraction of sp³-hybridized carbons (Fsp3) is 0.318. The molecule has 0 saturated carbocycles. The van der Waals surface area contributed by atoms with Gasteiger partial charge in [0.25, 0.3) is 0 Å². The maximum absolute atomic E-state index is 14.8. The van der Waals surface area contributed by atoms with Crippen molar-refractivity contribution in [2.24, 2.45) is 5.92 Å². The highest BCUT2D eigenvalue weighted by atomic mass is 19.1. The van der Waals surface area contributed by atoms with E-state index in [1.54, 1.807) is 24.5 Å². The van der Waals surface area contributed by atoms with Crippen LogP contribution in [-0.4, -0.2) is 38.5 Å². The van der Waals surface area contributed by atoms with E-state index in [1.165, 1.54) is 0 Å². The van der Waals surface area contributed by atoms with Crippen molar-refractivity contribution in [3.8, 4) is 17.0 Å². The summed E-state index contributed by atoms with van der Waals surface area (Å²) >= 11 is 0. The first kappa shape index (κ1) is 17.3. The van der Waals surface area contributed by atoms with Crippen molar-refractivity contribution in [3.05, 3.63) is 55.0 Å². The Hall–Kier alpha value is -2.86. The van der Waals surface area contributed by atoms with Crippen LogP contribution < -0.4 is 5.32 Å². The van der Waals surface area contributed by atoms with Crippen molar-refractivity contribution >= 4 is 16.3 Å². The van der Waals surface area contributed by atoms with Crippen LogP contribution in [0.2, 0.25) is 0 Å². The largest absolute Gasteiger partial charge is 0.507 e. The molecule has 2 bridgehead atoms. The number of piperidine rings is 1. The predicted molar refractivity (Wildman–Crippen MR) is 106 cm³/mol. The van der Waals surface area contributed by atoms with Gasteiger partial charge in [-0.3, -0.25) is 4.98 Å². The van der Waals surface area contributed by atoms with Gasteiger partial charge in [-0.05, 0) is 60.6 Å². The number of aromatic nitrogens is 3. The molecule has 4 heterocycles. The predicted octanol–water partition coefficient (Wildman–Crippen LogP) is 3.89. The number of hydrogen-bond acceptors (Lipinski definition) is 5. The van der Waals surface area contributed by atoms with E-state index in [4.69, 9.17) is 0 Å². The number of phenols is 1. The van der Waals surface area contributed by atoms with Crippen LogP contribution in [0.25, 0.3) is 27.6 Å². The van der Waals surface area contributed by atoms with Crippen LogP contribution in [0.1, 0.15) is 25.0 Å². The topological polar surface area (TPSA) is 70.9 Å². The molecule has 3 aromatic rings. The number of phenolic OH excluding ortho intramolecular Hbond substituents is 1. The number of nitrogens with zero attached hydrogens (tertiary/aromatic N) is 3. The zero-order chi connectivity index (χ0) is 19.3. The van der Waals surface area contributed by atoms with Crippen LogP contribution in [0.3, 0.4) is 0 Å². The lowest BCUT2D eigenvalue weighted by molar-refractivity contribution is 0.167. The summed E-state index contributed by atoms with van der Waals surface area (Å²) in [6, 6.07) is 9.34. The fourth-order valence-electron chi connectivity index (χ4n) is 4.50. The maximum Gasteiger partial charge on any atom is 0.125 e. The smallest absolute Gasteiger partial charge is 0.125 e. The summed E-state index contributed by atoms with van der Waals surface area (Å²) in [4.78, 5) is 4.07. The van der Waals surface area contributed by atoms with Crippen molar-refractivity contribution in [2.75, 3.05) is 0 Å². The number of allylic oxidation sites excluding steroid dienone is 1. The quantitative estimate of drug-likeness (QED) is 0.726. The van der Waals surface area contributed by atoms with Gasteiger partial charge in [-0.2, -0.15) is 5.10 Å². The minimum atomic E-state index is -0.939. The lowest BCUT2D eigenvalue weighted by Gasteiger charge is -2.33. The number of aromatic hydroxyl groups is 1. The van der Waals surface area contributed by atoms with Crippen molar-refractivity contribution in [3.63, 3.8) is 0 Å². The zero-order valence-electron chi connectivity index (χ0n) is 15.3. The average molecular weight is 376 g/mol. The molecular formula is C22H21FN4O.